The molecule has 0 aliphatic rings. The predicted molar refractivity (Wildman–Crippen MR) is 72.2 cm³/mol. The summed E-state index contributed by atoms with van der Waals surface area (Å²) >= 11 is 0. The number of methoxy groups -OCH3 is 1. The van der Waals surface area contributed by atoms with Crippen LogP contribution in [0.2, 0.25) is 0 Å². The standard InChI is InChI=1S/C15H15NO3/c1-3-19-15(17)11-6-7-13(14(9-11)18-2)12-5-4-8-16-10-12/h4-10H,3H2,1-2H3. The molecule has 19 heavy (non-hydrogen) atoms. The Morgan fingerprint density at radius 1 is 1.32 bits per heavy atom. The van der Waals surface area contributed by atoms with Crippen molar-refractivity contribution in [2.45, 2.75) is 6.92 Å². The highest BCUT2D eigenvalue weighted by Crippen LogP contribution is 2.30. The number of pyridine rings is 1. The zero-order chi connectivity index (χ0) is 13.7. The maximum absolute atomic E-state index is 11.7. The van der Waals surface area contributed by atoms with E-state index in [-0.39, 0.29) is 5.97 Å². The number of carbonyl (C=O) groups excluding carboxylic acids is 1. The summed E-state index contributed by atoms with van der Waals surface area (Å²) in [7, 11) is 1.57. The molecule has 1 aromatic heterocycles. The highest BCUT2D eigenvalue weighted by Gasteiger charge is 2.12. The fourth-order valence-corrected chi connectivity index (χ4v) is 1.79. The van der Waals surface area contributed by atoms with Crippen molar-refractivity contribution in [2.75, 3.05) is 13.7 Å². The number of ether oxygens (including phenoxy) is 2. The fourth-order valence-electron chi connectivity index (χ4n) is 1.79. The van der Waals surface area contributed by atoms with Crippen molar-refractivity contribution in [3.05, 3.63) is 48.3 Å². The van der Waals surface area contributed by atoms with Gasteiger partial charge in [-0.1, -0.05) is 6.07 Å². The van der Waals surface area contributed by atoms with Crippen LogP contribution in [0.25, 0.3) is 11.1 Å². The second kappa shape index (κ2) is 6.00. The number of hydrogen-bond donors (Lipinski definition) is 0. The highest BCUT2D eigenvalue weighted by atomic mass is 16.5. The zero-order valence-electron chi connectivity index (χ0n) is 10.9. The lowest BCUT2D eigenvalue weighted by Crippen LogP contribution is -2.05. The van der Waals surface area contributed by atoms with E-state index in [4.69, 9.17) is 9.47 Å². The topological polar surface area (TPSA) is 48.4 Å². The Kier molecular flexibility index (Phi) is 4.13. The van der Waals surface area contributed by atoms with E-state index >= 15 is 0 Å². The molecule has 0 radical (unpaired) electrons. The molecule has 0 unspecified atom stereocenters. The molecule has 1 heterocycles. The summed E-state index contributed by atoms with van der Waals surface area (Å²) in [5.41, 5.74) is 2.31. The molecule has 1 aromatic carbocycles. The van der Waals surface area contributed by atoms with Gasteiger partial charge in [0.05, 0.1) is 19.3 Å². The van der Waals surface area contributed by atoms with Crippen molar-refractivity contribution in [1.82, 2.24) is 4.98 Å². The SMILES string of the molecule is CCOC(=O)c1ccc(-c2cccnc2)c(OC)c1. The normalized spacial score (nSPS) is 10.0. The van der Waals surface area contributed by atoms with Crippen LogP contribution in [0.1, 0.15) is 17.3 Å². The first-order valence-corrected chi connectivity index (χ1v) is 6.01. The van der Waals surface area contributed by atoms with Crippen LogP contribution in [0.4, 0.5) is 0 Å². The lowest BCUT2D eigenvalue weighted by Gasteiger charge is -2.10. The van der Waals surface area contributed by atoms with Crippen molar-refractivity contribution in [3.63, 3.8) is 0 Å². The summed E-state index contributed by atoms with van der Waals surface area (Å²) in [5.74, 6) is 0.275. The van der Waals surface area contributed by atoms with E-state index in [0.717, 1.165) is 11.1 Å². The van der Waals surface area contributed by atoms with Gasteiger partial charge < -0.3 is 9.47 Å². The van der Waals surface area contributed by atoms with Gasteiger partial charge in [0.25, 0.3) is 0 Å². The number of hydrogen-bond acceptors (Lipinski definition) is 4. The second-order valence-corrected chi connectivity index (χ2v) is 3.88. The molecular formula is C15H15NO3. The maximum Gasteiger partial charge on any atom is 0.338 e. The van der Waals surface area contributed by atoms with Crippen LogP contribution >= 0.6 is 0 Å². The van der Waals surface area contributed by atoms with Crippen molar-refractivity contribution >= 4 is 5.97 Å². The molecule has 2 rings (SSSR count). The molecule has 2 aromatic rings. The monoisotopic (exact) mass is 257 g/mol. The van der Waals surface area contributed by atoms with Gasteiger partial charge in [0, 0.05) is 23.5 Å². The van der Waals surface area contributed by atoms with Gasteiger partial charge >= 0.3 is 5.97 Å². The van der Waals surface area contributed by atoms with Crippen LogP contribution in [0.5, 0.6) is 5.75 Å². The third-order valence-electron chi connectivity index (χ3n) is 2.69. The van der Waals surface area contributed by atoms with Gasteiger partial charge in [-0.15, -0.1) is 0 Å². The third-order valence-corrected chi connectivity index (χ3v) is 2.69. The Balaban J connectivity index is 2.40. The molecule has 0 aliphatic carbocycles. The Morgan fingerprint density at radius 2 is 2.16 bits per heavy atom. The number of rotatable bonds is 4. The quantitative estimate of drug-likeness (QED) is 0.790. The first kappa shape index (κ1) is 13.1. The minimum Gasteiger partial charge on any atom is -0.496 e. The van der Waals surface area contributed by atoms with E-state index in [1.165, 1.54) is 0 Å². The molecule has 0 N–H and O–H groups in total. The molecule has 4 nitrogen and oxygen atoms in total. The summed E-state index contributed by atoms with van der Waals surface area (Å²) in [6, 6.07) is 9.04. The Bertz CT molecular complexity index is 567. The molecule has 98 valence electrons. The molecule has 0 saturated carbocycles. The first-order valence-electron chi connectivity index (χ1n) is 6.01. The molecule has 0 saturated heterocycles. The average molecular weight is 257 g/mol. The van der Waals surface area contributed by atoms with Crippen LogP contribution in [0.15, 0.2) is 42.7 Å². The molecular weight excluding hydrogens is 242 g/mol. The first-order chi connectivity index (χ1) is 9.26. The zero-order valence-corrected chi connectivity index (χ0v) is 10.9. The van der Waals surface area contributed by atoms with Gasteiger partial charge in [-0.2, -0.15) is 0 Å². The van der Waals surface area contributed by atoms with Gasteiger partial charge in [-0.25, -0.2) is 4.79 Å². The number of esters is 1. The summed E-state index contributed by atoms with van der Waals surface area (Å²) in [4.78, 5) is 15.7. The number of nitrogens with zero attached hydrogens (tertiary/aromatic N) is 1. The molecule has 0 fully saturated rings. The van der Waals surface area contributed by atoms with E-state index < -0.39 is 0 Å². The predicted octanol–water partition coefficient (Wildman–Crippen LogP) is 2.93. The molecule has 4 heteroatoms. The molecule has 0 bridgehead atoms. The largest absolute Gasteiger partial charge is 0.496 e. The highest BCUT2D eigenvalue weighted by molar-refractivity contribution is 5.91. The minimum atomic E-state index is -0.349. The molecule has 0 atom stereocenters. The number of carbonyl (C=O) groups is 1. The molecule has 0 amide bonds. The van der Waals surface area contributed by atoms with Crippen molar-refractivity contribution in [3.8, 4) is 16.9 Å². The summed E-state index contributed by atoms with van der Waals surface area (Å²) in [6.45, 7) is 2.13. The fraction of sp³-hybridized carbons (Fsp3) is 0.200. The van der Waals surface area contributed by atoms with Crippen LogP contribution < -0.4 is 4.74 Å². The summed E-state index contributed by atoms with van der Waals surface area (Å²) in [5, 5.41) is 0. The third kappa shape index (κ3) is 2.91. The van der Waals surface area contributed by atoms with Gasteiger partial charge in [0.15, 0.2) is 0 Å². The average Bonchev–Trinajstić information content (AvgIpc) is 2.47. The Labute approximate surface area is 112 Å². The van der Waals surface area contributed by atoms with Gasteiger partial charge in [-0.05, 0) is 31.2 Å². The Morgan fingerprint density at radius 3 is 2.79 bits per heavy atom. The van der Waals surface area contributed by atoms with Crippen molar-refractivity contribution in [1.29, 1.82) is 0 Å². The van der Waals surface area contributed by atoms with Gasteiger partial charge in [0.2, 0.25) is 0 Å². The van der Waals surface area contributed by atoms with E-state index in [1.807, 2.05) is 18.2 Å². The minimum absolute atomic E-state index is 0.349. The van der Waals surface area contributed by atoms with Crippen LogP contribution in [0.3, 0.4) is 0 Å². The van der Waals surface area contributed by atoms with E-state index in [0.29, 0.717) is 17.9 Å². The van der Waals surface area contributed by atoms with E-state index in [9.17, 15) is 4.79 Å². The lowest BCUT2D eigenvalue weighted by atomic mass is 10.0. The molecule has 0 spiro atoms. The van der Waals surface area contributed by atoms with E-state index in [1.54, 1.807) is 38.6 Å². The maximum atomic E-state index is 11.7. The lowest BCUT2D eigenvalue weighted by molar-refractivity contribution is 0.0526. The van der Waals surface area contributed by atoms with Crippen molar-refractivity contribution in [2.24, 2.45) is 0 Å². The van der Waals surface area contributed by atoms with Gasteiger partial charge in [0.1, 0.15) is 5.75 Å². The van der Waals surface area contributed by atoms with Gasteiger partial charge in [-0.3, -0.25) is 4.98 Å². The summed E-state index contributed by atoms with van der Waals surface area (Å²) < 4.78 is 10.3. The summed E-state index contributed by atoms with van der Waals surface area (Å²) in [6.07, 6.45) is 3.46. The van der Waals surface area contributed by atoms with Crippen LogP contribution in [-0.2, 0) is 4.74 Å². The molecule has 0 aliphatic heterocycles. The van der Waals surface area contributed by atoms with Crippen LogP contribution in [-0.4, -0.2) is 24.7 Å². The van der Waals surface area contributed by atoms with Crippen LogP contribution in [0, 0.1) is 0 Å². The number of benzene rings is 1. The number of aromatic nitrogens is 1. The van der Waals surface area contributed by atoms with E-state index in [2.05, 4.69) is 4.98 Å². The van der Waals surface area contributed by atoms with Crippen molar-refractivity contribution < 1.29 is 14.3 Å². The smallest absolute Gasteiger partial charge is 0.338 e. The Hall–Kier alpha value is -2.36. The second-order valence-electron chi connectivity index (χ2n) is 3.88.